The molecule has 0 saturated heterocycles. The fourth-order valence-electron chi connectivity index (χ4n) is 2.51. The number of hydrogen-bond donors (Lipinski definition) is 0. The lowest BCUT2D eigenvalue weighted by Gasteiger charge is -2.02. The topological polar surface area (TPSA) is 0 Å². The average Bonchev–Trinajstić information content (AvgIpc) is 3.34. The zero-order valence-corrected chi connectivity index (χ0v) is 36.7. The van der Waals surface area contributed by atoms with Crippen LogP contribution in [-0.4, -0.2) is 0 Å². The lowest BCUT2D eigenvalue weighted by atomic mass is 10.0. The molecule has 0 aromatic rings. The summed E-state index contributed by atoms with van der Waals surface area (Å²) in [5, 5.41) is 0. The summed E-state index contributed by atoms with van der Waals surface area (Å²) in [5.74, 6) is 147. The Labute approximate surface area is 401 Å². The second-order valence-corrected chi connectivity index (χ2v) is 9.80. The van der Waals surface area contributed by atoms with Crippen LogP contribution in [0.3, 0.4) is 0 Å². The first kappa shape index (κ1) is 56.3. The highest BCUT2D eigenvalue weighted by atomic mass is 14.0. The summed E-state index contributed by atoms with van der Waals surface area (Å²) in [6, 6.07) is 0. The van der Waals surface area contributed by atoms with Crippen LogP contribution in [-0.2, 0) is 0 Å². The second kappa shape index (κ2) is 55.3. The van der Waals surface area contributed by atoms with Gasteiger partial charge in [-0.1, -0.05) is 51.9 Å². The number of hydrogen-bond acceptors (Lipinski definition) is 0. The third-order valence-corrected chi connectivity index (χ3v) is 5.17. The first-order valence-electron chi connectivity index (χ1n) is 18.6. The van der Waals surface area contributed by atoms with E-state index in [4.69, 9.17) is 0 Å². The van der Waals surface area contributed by atoms with E-state index in [1.165, 1.54) is 19.3 Å². The van der Waals surface area contributed by atoms with E-state index in [1.807, 2.05) is 0 Å². The quantitative estimate of drug-likeness (QED) is 0.379. The molecule has 0 heterocycles. The van der Waals surface area contributed by atoms with Gasteiger partial charge in [-0.2, -0.15) is 0 Å². The monoisotopic (exact) mass is 826 g/mol. The zero-order valence-electron chi connectivity index (χ0n) is 36.7. The van der Waals surface area contributed by atoms with Gasteiger partial charge in [0.15, 0.2) is 0 Å². The fourth-order valence-corrected chi connectivity index (χ4v) is 2.51. The third kappa shape index (κ3) is 57.7. The average molecular weight is 827 g/mol. The van der Waals surface area contributed by atoms with E-state index < -0.39 is 0 Å². The largest absolute Gasteiger partial charge is 0.0925 e. The van der Waals surface area contributed by atoms with Crippen LogP contribution in [0, 0.1) is 349 Å². The van der Waals surface area contributed by atoms with Crippen LogP contribution in [0.5, 0.6) is 0 Å². The summed E-state index contributed by atoms with van der Waals surface area (Å²) in [6.45, 7) is 10.2. The molecule has 0 N–H and O–H groups in total. The molecule has 0 nitrogen and oxygen atoms in total. The van der Waals surface area contributed by atoms with Crippen molar-refractivity contribution in [2.24, 2.45) is 5.92 Å². The first-order chi connectivity index (χ1) is 33.2. The maximum absolute atomic E-state index is 2.63. The van der Waals surface area contributed by atoms with Crippen molar-refractivity contribution in [2.45, 2.75) is 53.9 Å². The molecule has 0 rings (SSSR count). The van der Waals surface area contributed by atoms with E-state index in [-0.39, 0.29) is 0 Å². The summed E-state index contributed by atoms with van der Waals surface area (Å²) in [5.41, 5.74) is 0. The summed E-state index contributed by atoms with van der Waals surface area (Å²) in [7, 11) is 0. The molecule has 0 spiro atoms. The van der Waals surface area contributed by atoms with Crippen LogP contribution in [0.25, 0.3) is 0 Å². The molecule has 0 aromatic carbocycles. The summed E-state index contributed by atoms with van der Waals surface area (Å²) >= 11 is 0. The SMILES string of the molecule is CC#CC#CC#CC#CC#CC#CC#CC#CC#CC#CC#CC#CC#CC#CC#CC#CC#CC#CC#CC#CC#CC#CC#CC#CC#CC#CC#CC#CC#CC.CCCC(C)CC. The van der Waals surface area contributed by atoms with E-state index in [9.17, 15) is 0 Å². The molecular weight excluding hydrogens is 805 g/mol. The lowest BCUT2D eigenvalue weighted by molar-refractivity contribution is 0.509. The van der Waals surface area contributed by atoms with Gasteiger partial charge in [0.25, 0.3) is 0 Å². The Morgan fingerprint density at radius 2 is 0.299 bits per heavy atom. The highest BCUT2D eigenvalue weighted by Crippen LogP contribution is 2.07. The van der Waals surface area contributed by atoms with Gasteiger partial charge in [-0.3, -0.25) is 0 Å². The van der Waals surface area contributed by atoms with Gasteiger partial charge in [0.2, 0.25) is 0 Å². The maximum Gasteiger partial charge on any atom is 0 e. The molecule has 0 aliphatic heterocycles. The van der Waals surface area contributed by atoms with Gasteiger partial charge < -0.3 is 0 Å². The highest BCUT2D eigenvalue weighted by Gasteiger charge is 1.92. The van der Waals surface area contributed by atoms with Crippen molar-refractivity contribution < 1.29 is 0 Å². The van der Waals surface area contributed by atoms with Crippen LogP contribution in [0.2, 0.25) is 0 Å². The summed E-state index contributed by atoms with van der Waals surface area (Å²) in [4.78, 5) is 0. The van der Waals surface area contributed by atoms with Crippen LogP contribution >= 0.6 is 0 Å². The molecule has 0 saturated carbocycles. The van der Waals surface area contributed by atoms with Crippen molar-refractivity contribution in [3.63, 3.8) is 0 Å². The molecular formula is C67H22. The van der Waals surface area contributed by atoms with Gasteiger partial charge in [0, 0.05) is 237 Å². The van der Waals surface area contributed by atoms with Crippen LogP contribution in [0.4, 0.5) is 0 Å². The van der Waals surface area contributed by atoms with Gasteiger partial charge in [0.05, 0.1) is 0 Å². The minimum absolute atomic E-state index is 0.949. The van der Waals surface area contributed by atoms with Gasteiger partial charge in [-0.15, -0.1) is 0 Å². The van der Waals surface area contributed by atoms with Crippen LogP contribution < -0.4 is 0 Å². The van der Waals surface area contributed by atoms with Crippen molar-refractivity contribution in [1.82, 2.24) is 0 Å². The first-order valence-corrected chi connectivity index (χ1v) is 18.6. The predicted octanol–water partition coefficient (Wildman–Crippen LogP) is 3.96. The van der Waals surface area contributed by atoms with E-state index in [1.54, 1.807) is 13.8 Å². The van der Waals surface area contributed by atoms with Crippen LogP contribution in [0.15, 0.2) is 0 Å². The maximum atomic E-state index is 2.63. The Kier molecular flexibility index (Phi) is 46.5. The smallest absolute Gasteiger partial charge is 0 e. The minimum Gasteiger partial charge on any atom is -0.0925 e. The molecule has 0 amide bonds. The van der Waals surface area contributed by atoms with Crippen molar-refractivity contribution in [3.8, 4) is 343 Å². The van der Waals surface area contributed by atoms with E-state index in [2.05, 4.69) is 364 Å². The molecule has 0 radical (unpaired) electrons. The zero-order chi connectivity index (χ0) is 48.7. The highest BCUT2D eigenvalue weighted by molar-refractivity contribution is 5.51. The van der Waals surface area contributed by atoms with Gasteiger partial charge in [-0.05, 0) is 114 Å². The Balaban J connectivity index is 0. The predicted molar refractivity (Wildman–Crippen MR) is 271 cm³/mol. The summed E-state index contributed by atoms with van der Waals surface area (Å²) in [6.07, 6.45) is 4.08. The Morgan fingerprint density at radius 1 is 0.194 bits per heavy atom. The van der Waals surface area contributed by atoms with Crippen molar-refractivity contribution in [3.05, 3.63) is 0 Å². The molecule has 0 aliphatic rings. The Bertz CT molecular complexity index is 3630. The van der Waals surface area contributed by atoms with Crippen LogP contribution in [0.1, 0.15) is 53.9 Å². The summed E-state index contributed by atoms with van der Waals surface area (Å²) < 4.78 is 0. The molecule has 0 heteroatoms. The minimum atomic E-state index is 0.949. The normalized spacial score (nSPS) is 5.03. The van der Waals surface area contributed by atoms with E-state index in [0.717, 1.165) is 5.92 Å². The van der Waals surface area contributed by atoms with Crippen molar-refractivity contribution in [2.75, 3.05) is 0 Å². The van der Waals surface area contributed by atoms with Gasteiger partial charge >= 0.3 is 0 Å². The number of rotatable bonds is 3. The molecule has 1 unspecified atom stereocenters. The van der Waals surface area contributed by atoms with Gasteiger partial charge in [-0.25, -0.2) is 0 Å². The van der Waals surface area contributed by atoms with Gasteiger partial charge in [0.1, 0.15) is 0 Å². The standard InChI is InChI=1S/C60H6.C7H16/c1-3-5-7-9-11-13-15-17-19-21-23-25-27-29-31-33-35-37-39-41-43-45-47-49-51-53-55-57-59-60-58-56-54-52-50-48-46-44-42-40-38-36-34-32-30-28-26-24-22-20-18-16-14-12-10-8-6-4-2;1-4-6-7(3)5-2/h1-2H3;7H,4-6H2,1-3H3. The Morgan fingerprint density at radius 3 is 0.358 bits per heavy atom. The fraction of sp³-hybridized carbons (Fsp3) is 0.134. The molecule has 67 heavy (non-hydrogen) atoms. The van der Waals surface area contributed by atoms with E-state index in [0.29, 0.717) is 0 Å². The third-order valence-electron chi connectivity index (χ3n) is 5.17. The molecule has 0 aromatic heterocycles. The van der Waals surface area contributed by atoms with Crippen molar-refractivity contribution in [1.29, 1.82) is 0 Å². The molecule has 290 valence electrons. The van der Waals surface area contributed by atoms with Crippen molar-refractivity contribution >= 4 is 0 Å². The molecule has 0 aliphatic carbocycles. The second-order valence-electron chi connectivity index (χ2n) is 9.80. The molecule has 1 atom stereocenters. The van der Waals surface area contributed by atoms with E-state index >= 15 is 0 Å². The molecule has 0 fully saturated rings. The Hall–Kier alpha value is -12.8. The molecule has 0 bridgehead atoms. The lowest BCUT2D eigenvalue weighted by Crippen LogP contribution is -1.88.